The van der Waals surface area contributed by atoms with Crippen LogP contribution in [-0.4, -0.2) is 35.9 Å². The van der Waals surface area contributed by atoms with Crippen molar-refractivity contribution in [1.29, 1.82) is 0 Å². The molecule has 1 rings (SSSR count). The summed E-state index contributed by atoms with van der Waals surface area (Å²) in [7, 11) is -3.45. The maximum Gasteiger partial charge on any atom is 0.338 e. The molecular formula is C15H23ClNO5P. The number of benzene rings is 1. The Morgan fingerprint density at radius 1 is 1.26 bits per heavy atom. The molecule has 0 heterocycles. The first-order valence-corrected chi connectivity index (χ1v) is 9.44. The molecular weight excluding hydrogens is 341 g/mol. The molecule has 1 amide bonds. The number of hydrogen-bond acceptors (Lipinski definition) is 5. The Bertz CT molecular complexity index is 541. The molecule has 0 saturated carbocycles. The van der Waals surface area contributed by atoms with E-state index in [0.29, 0.717) is 10.1 Å². The van der Waals surface area contributed by atoms with E-state index in [2.05, 4.69) is 0 Å². The van der Waals surface area contributed by atoms with Gasteiger partial charge >= 0.3 is 7.60 Å². The van der Waals surface area contributed by atoms with Crippen LogP contribution < -0.4 is 0 Å². The minimum atomic E-state index is -3.45. The van der Waals surface area contributed by atoms with Crippen molar-refractivity contribution in [2.45, 2.75) is 32.9 Å². The van der Waals surface area contributed by atoms with Crippen LogP contribution in [0.3, 0.4) is 0 Å². The summed E-state index contributed by atoms with van der Waals surface area (Å²) in [6.45, 7) is 5.21. The molecule has 1 aromatic carbocycles. The minimum absolute atomic E-state index is 0.0206. The van der Waals surface area contributed by atoms with E-state index >= 15 is 0 Å². The molecule has 0 aliphatic carbocycles. The first-order valence-electron chi connectivity index (χ1n) is 7.45. The van der Waals surface area contributed by atoms with Crippen molar-refractivity contribution in [3.8, 4) is 0 Å². The van der Waals surface area contributed by atoms with Gasteiger partial charge < -0.3 is 9.05 Å². The monoisotopic (exact) mass is 363 g/mol. The summed E-state index contributed by atoms with van der Waals surface area (Å²) in [5, 5.41) is 10.7. The maximum absolute atomic E-state index is 13.1. The second-order valence-corrected chi connectivity index (χ2v) is 7.53. The largest absolute Gasteiger partial charge is 0.338 e. The summed E-state index contributed by atoms with van der Waals surface area (Å²) >= 11 is 5.90. The lowest BCUT2D eigenvalue weighted by atomic mass is 10.1. The Kier molecular flexibility index (Phi) is 8.23. The number of nitrogens with zero attached hydrogens (tertiary/aromatic N) is 1. The second kappa shape index (κ2) is 9.40. The van der Waals surface area contributed by atoms with Gasteiger partial charge in [0.25, 0.3) is 0 Å². The van der Waals surface area contributed by atoms with Crippen LogP contribution in [-0.2, 0) is 18.4 Å². The molecule has 0 radical (unpaired) electrons. The summed E-state index contributed by atoms with van der Waals surface area (Å²) in [5.74, 6) is -0.484. The number of carbonyl (C=O) groups is 1. The first-order chi connectivity index (χ1) is 10.8. The second-order valence-electron chi connectivity index (χ2n) is 4.87. The zero-order chi connectivity index (χ0) is 17.5. The van der Waals surface area contributed by atoms with Crippen molar-refractivity contribution in [3.63, 3.8) is 0 Å². The Morgan fingerprint density at radius 2 is 1.78 bits per heavy atom. The molecule has 1 aromatic rings. The lowest BCUT2D eigenvalue weighted by molar-refractivity contribution is -0.162. The molecule has 1 atom stereocenters. The number of amides is 1. The van der Waals surface area contributed by atoms with E-state index < -0.39 is 19.2 Å². The molecule has 6 nitrogen and oxygen atoms in total. The lowest BCUT2D eigenvalue weighted by Crippen LogP contribution is -2.27. The molecule has 130 valence electrons. The van der Waals surface area contributed by atoms with Crippen molar-refractivity contribution in [1.82, 2.24) is 5.06 Å². The fourth-order valence-corrected chi connectivity index (χ4v) is 4.42. The molecule has 0 bridgehead atoms. The van der Waals surface area contributed by atoms with Crippen molar-refractivity contribution in [2.75, 3.05) is 19.8 Å². The van der Waals surface area contributed by atoms with E-state index in [4.69, 9.17) is 20.6 Å². The molecule has 0 aromatic heterocycles. The summed E-state index contributed by atoms with van der Waals surface area (Å²) < 4.78 is 24.0. The highest BCUT2D eigenvalue weighted by Gasteiger charge is 2.37. The van der Waals surface area contributed by atoms with Crippen LogP contribution in [0.15, 0.2) is 24.3 Å². The van der Waals surface area contributed by atoms with E-state index in [1.54, 1.807) is 38.1 Å². The van der Waals surface area contributed by atoms with Gasteiger partial charge in [-0.25, -0.2) is 5.06 Å². The van der Waals surface area contributed by atoms with Crippen molar-refractivity contribution in [2.24, 2.45) is 0 Å². The van der Waals surface area contributed by atoms with E-state index in [0.717, 1.165) is 5.56 Å². The summed E-state index contributed by atoms with van der Waals surface area (Å²) in [6.07, 6.45) is 0.231. The SMILES string of the molecule is CCOP(=O)(OCC)C(CCN(O)C(C)=O)c1ccc(Cl)cc1. The molecule has 8 heteroatoms. The highest BCUT2D eigenvalue weighted by Crippen LogP contribution is 2.62. The quantitative estimate of drug-likeness (QED) is 0.402. The van der Waals surface area contributed by atoms with Gasteiger partial charge in [-0.3, -0.25) is 14.6 Å². The van der Waals surface area contributed by atoms with Crippen LogP contribution >= 0.6 is 19.2 Å². The number of rotatable bonds is 9. The molecule has 1 unspecified atom stereocenters. The Hall–Kier alpha value is -0.910. The van der Waals surface area contributed by atoms with E-state index in [9.17, 15) is 14.6 Å². The number of hydroxylamine groups is 2. The fourth-order valence-electron chi connectivity index (χ4n) is 2.17. The van der Waals surface area contributed by atoms with Gasteiger partial charge in [0.05, 0.1) is 18.9 Å². The van der Waals surface area contributed by atoms with Crippen molar-refractivity contribution >= 4 is 25.1 Å². The summed E-state index contributed by atoms with van der Waals surface area (Å²) in [6, 6.07) is 6.86. The van der Waals surface area contributed by atoms with Gasteiger partial charge in [0, 0.05) is 18.5 Å². The van der Waals surface area contributed by atoms with E-state index in [-0.39, 0.29) is 26.2 Å². The average Bonchev–Trinajstić information content (AvgIpc) is 2.49. The first kappa shape index (κ1) is 20.1. The molecule has 0 saturated heterocycles. The van der Waals surface area contributed by atoms with Gasteiger partial charge in [-0.15, -0.1) is 0 Å². The summed E-state index contributed by atoms with van der Waals surface area (Å²) in [5.41, 5.74) is 0.116. The fraction of sp³-hybridized carbons (Fsp3) is 0.533. The van der Waals surface area contributed by atoms with Crippen molar-refractivity contribution < 1.29 is 23.6 Å². The molecule has 1 N–H and O–H groups in total. The van der Waals surface area contributed by atoms with Gasteiger partial charge in [0.2, 0.25) is 5.91 Å². The topological polar surface area (TPSA) is 76.1 Å². The van der Waals surface area contributed by atoms with Crippen LogP contribution in [0.25, 0.3) is 0 Å². The van der Waals surface area contributed by atoms with Gasteiger partial charge in [-0.05, 0) is 38.0 Å². The van der Waals surface area contributed by atoms with Gasteiger partial charge in [-0.2, -0.15) is 0 Å². The standard InChI is InChI=1S/C15H23ClNO5P/c1-4-21-23(20,22-5-2)15(10-11-17(19)12(3)18)13-6-8-14(16)9-7-13/h6-9,15,19H,4-5,10-11H2,1-3H3. The molecule has 23 heavy (non-hydrogen) atoms. The van der Waals surface area contributed by atoms with E-state index in [1.165, 1.54) is 6.92 Å². The van der Waals surface area contributed by atoms with Crippen LogP contribution in [0.5, 0.6) is 0 Å². The summed E-state index contributed by atoms with van der Waals surface area (Å²) in [4.78, 5) is 11.2. The van der Waals surface area contributed by atoms with E-state index in [1.807, 2.05) is 0 Å². The molecule has 0 aliphatic rings. The predicted molar refractivity (Wildman–Crippen MR) is 88.8 cm³/mol. The third kappa shape index (κ3) is 5.90. The highest BCUT2D eigenvalue weighted by molar-refractivity contribution is 7.54. The molecule has 0 aliphatic heterocycles. The Labute approximate surface area is 141 Å². The van der Waals surface area contributed by atoms with Gasteiger partial charge in [0.15, 0.2) is 0 Å². The Balaban J connectivity index is 3.10. The average molecular weight is 364 g/mol. The zero-order valence-electron chi connectivity index (χ0n) is 13.6. The van der Waals surface area contributed by atoms with Crippen LogP contribution in [0.4, 0.5) is 0 Å². The number of halogens is 1. The third-order valence-corrected chi connectivity index (χ3v) is 6.04. The minimum Gasteiger partial charge on any atom is -0.308 e. The molecule has 0 fully saturated rings. The number of carbonyl (C=O) groups excluding carboxylic acids is 1. The van der Waals surface area contributed by atoms with Crippen LogP contribution in [0, 0.1) is 0 Å². The van der Waals surface area contributed by atoms with Crippen LogP contribution in [0.1, 0.15) is 38.4 Å². The number of hydrogen-bond donors (Lipinski definition) is 1. The maximum atomic E-state index is 13.1. The lowest BCUT2D eigenvalue weighted by Gasteiger charge is -2.27. The van der Waals surface area contributed by atoms with Crippen molar-refractivity contribution in [3.05, 3.63) is 34.9 Å². The zero-order valence-corrected chi connectivity index (χ0v) is 15.2. The normalized spacial score (nSPS) is 12.9. The predicted octanol–water partition coefficient (Wildman–Crippen LogP) is 4.28. The van der Waals surface area contributed by atoms with Gasteiger partial charge in [0.1, 0.15) is 0 Å². The Morgan fingerprint density at radius 3 is 2.22 bits per heavy atom. The van der Waals surface area contributed by atoms with Crippen LogP contribution in [0.2, 0.25) is 5.02 Å². The highest BCUT2D eigenvalue weighted by atomic mass is 35.5. The molecule has 0 spiro atoms. The van der Waals surface area contributed by atoms with Gasteiger partial charge in [-0.1, -0.05) is 23.7 Å². The third-order valence-electron chi connectivity index (χ3n) is 3.23. The smallest absolute Gasteiger partial charge is 0.308 e.